The fourth-order valence-corrected chi connectivity index (χ4v) is 5.68. The summed E-state index contributed by atoms with van der Waals surface area (Å²) in [5.41, 5.74) is -0.787. The van der Waals surface area contributed by atoms with Crippen molar-refractivity contribution in [1.29, 1.82) is 0 Å². The lowest BCUT2D eigenvalue weighted by molar-refractivity contribution is -0.152. The van der Waals surface area contributed by atoms with Crippen molar-refractivity contribution in [2.75, 3.05) is 32.8 Å². The van der Waals surface area contributed by atoms with Gasteiger partial charge in [-0.3, -0.25) is 18.9 Å². The van der Waals surface area contributed by atoms with Gasteiger partial charge in [-0.05, 0) is 43.2 Å². The van der Waals surface area contributed by atoms with E-state index in [2.05, 4.69) is 9.88 Å². The number of carbonyl (C=O) groups excluding carboxylic acids is 2. The molecule has 1 amide bonds. The zero-order valence-electron chi connectivity index (χ0n) is 18.6. The van der Waals surface area contributed by atoms with Crippen molar-refractivity contribution in [3.63, 3.8) is 0 Å². The second-order valence-corrected chi connectivity index (χ2v) is 9.68. The lowest BCUT2D eigenvalue weighted by Crippen LogP contribution is -2.51. The van der Waals surface area contributed by atoms with E-state index in [1.807, 2.05) is 0 Å². The predicted molar refractivity (Wildman–Crippen MR) is 118 cm³/mol. The third kappa shape index (κ3) is 4.37. The second kappa shape index (κ2) is 9.03. The average Bonchev–Trinajstić information content (AvgIpc) is 3.46. The summed E-state index contributed by atoms with van der Waals surface area (Å²) in [5.74, 6) is -0.673. The number of ether oxygens (including phenoxy) is 1. The number of esters is 1. The monoisotopic (exact) mass is 498 g/mol. The number of aromatic nitrogens is 2. The summed E-state index contributed by atoms with van der Waals surface area (Å²) in [6.45, 7) is 2.09. The van der Waals surface area contributed by atoms with Crippen LogP contribution in [0.1, 0.15) is 66.1 Å². The van der Waals surface area contributed by atoms with Crippen molar-refractivity contribution in [2.45, 2.75) is 56.7 Å². The van der Waals surface area contributed by atoms with E-state index in [-0.39, 0.29) is 41.0 Å². The van der Waals surface area contributed by atoms with E-state index >= 15 is 0 Å². The van der Waals surface area contributed by atoms with Crippen molar-refractivity contribution in [1.82, 2.24) is 19.2 Å². The van der Waals surface area contributed by atoms with Crippen LogP contribution in [0.15, 0.2) is 12.3 Å². The topological polar surface area (TPSA) is 67.2 Å². The predicted octanol–water partition coefficient (Wildman–Crippen LogP) is 4.13. The number of likely N-dealkylation sites (tertiary alicyclic amines) is 1. The van der Waals surface area contributed by atoms with Gasteiger partial charge in [0.15, 0.2) is 11.3 Å². The first-order valence-electron chi connectivity index (χ1n) is 11.7. The zero-order valence-corrected chi connectivity index (χ0v) is 19.4. The van der Waals surface area contributed by atoms with Gasteiger partial charge >= 0.3 is 12.1 Å². The summed E-state index contributed by atoms with van der Waals surface area (Å²) in [4.78, 5) is 32.5. The van der Waals surface area contributed by atoms with Gasteiger partial charge in [0.05, 0.1) is 12.1 Å². The van der Waals surface area contributed by atoms with Crippen molar-refractivity contribution in [3.05, 3.63) is 34.2 Å². The smallest absolute Gasteiger partial charge is 0.419 e. The van der Waals surface area contributed by atoms with Gasteiger partial charge in [-0.15, -0.1) is 0 Å². The summed E-state index contributed by atoms with van der Waals surface area (Å²) in [5, 5.41) is -0.0914. The van der Waals surface area contributed by atoms with Crippen molar-refractivity contribution >= 4 is 29.1 Å². The Morgan fingerprint density at radius 3 is 2.47 bits per heavy atom. The standard InChI is InChI=1S/C23H26ClF3N4O3/c24-20-19(22(33)29-7-5-16(6-8-29)30-9-10-34-18(32)13-30)28-21-17(23(25,26)27)11-15(12-31(20)21)14-3-1-2-4-14/h11-12,14,16H,1-10,13H2. The molecular formula is C23H26ClF3N4O3. The third-order valence-corrected chi connectivity index (χ3v) is 7.62. The molecule has 0 N–H and O–H groups in total. The number of pyridine rings is 1. The molecule has 184 valence electrons. The Hall–Kier alpha value is -2.33. The van der Waals surface area contributed by atoms with Gasteiger partial charge in [-0.2, -0.15) is 13.2 Å². The fourth-order valence-electron chi connectivity index (χ4n) is 5.43. The zero-order chi connectivity index (χ0) is 24.0. The number of cyclic esters (lactones) is 1. The van der Waals surface area contributed by atoms with Crippen LogP contribution in [0, 0.1) is 0 Å². The summed E-state index contributed by atoms with van der Waals surface area (Å²) >= 11 is 6.46. The van der Waals surface area contributed by atoms with Crippen LogP contribution in [0.5, 0.6) is 0 Å². The highest BCUT2D eigenvalue weighted by Crippen LogP contribution is 2.40. The highest BCUT2D eigenvalue weighted by Gasteiger charge is 2.38. The number of alkyl halides is 3. The van der Waals surface area contributed by atoms with Crippen molar-refractivity contribution < 1.29 is 27.5 Å². The van der Waals surface area contributed by atoms with Gasteiger partial charge in [0.25, 0.3) is 5.91 Å². The van der Waals surface area contributed by atoms with Crippen LogP contribution in [-0.2, 0) is 15.7 Å². The molecule has 2 saturated heterocycles. The Morgan fingerprint density at radius 2 is 1.82 bits per heavy atom. The number of amides is 1. The van der Waals surface area contributed by atoms with Crippen LogP contribution in [0.4, 0.5) is 13.2 Å². The Morgan fingerprint density at radius 1 is 1.12 bits per heavy atom. The Balaban J connectivity index is 1.40. The Bertz CT molecular complexity index is 1110. The maximum absolute atomic E-state index is 13.9. The molecule has 2 aliphatic heterocycles. The molecule has 0 bridgehead atoms. The summed E-state index contributed by atoms with van der Waals surface area (Å²) < 4.78 is 47.9. The molecule has 5 rings (SSSR count). The van der Waals surface area contributed by atoms with Crippen LogP contribution in [-0.4, -0.2) is 69.9 Å². The van der Waals surface area contributed by atoms with E-state index in [1.165, 1.54) is 4.40 Å². The minimum atomic E-state index is -4.61. The summed E-state index contributed by atoms with van der Waals surface area (Å²) in [6.07, 6.45) is 1.95. The normalized spacial score (nSPS) is 21.4. The van der Waals surface area contributed by atoms with Gasteiger partial charge in [0.1, 0.15) is 11.8 Å². The molecule has 0 spiro atoms. The van der Waals surface area contributed by atoms with E-state index in [1.54, 1.807) is 11.1 Å². The lowest BCUT2D eigenvalue weighted by atomic mass is 9.98. The number of halogens is 4. The van der Waals surface area contributed by atoms with E-state index < -0.39 is 17.6 Å². The molecule has 7 nitrogen and oxygen atoms in total. The maximum Gasteiger partial charge on any atom is 0.419 e. The summed E-state index contributed by atoms with van der Waals surface area (Å²) in [6, 6.07) is 1.32. The summed E-state index contributed by atoms with van der Waals surface area (Å²) in [7, 11) is 0. The molecule has 0 unspecified atom stereocenters. The molecule has 1 saturated carbocycles. The first kappa shape index (κ1) is 23.4. The Kier molecular flexibility index (Phi) is 6.22. The first-order valence-corrected chi connectivity index (χ1v) is 12.1. The van der Waals surface area contributed by atoms with Crippen molar-refractivity contribution in [3.8, 4) is 0 Å². The quantitative estimate of drug-likeness (QED) is 0.595. The first-order chi connectivity index (χ1) is 16.2. The fraction of sp³-hybridized carbons (Fsp3) is 0.609. The SMILES string of the molecule is O=C1CN(C2CCN(C(=O)c3nc4c(C(F)(F)F)cc(C5CCCC5)cn4c3Cl)CC2)CCO1. The molecule has 11 heteroatoms. The number of hydrogen-bond acceptors (Lipinski definition) is 5. The number of piperidine rings is 1. The van der Waals surface area contributed by atoms with Crippen LogP contribution in [0.3, 0.4) is 0 Å². The molecule has 1 aliphatic carbocycles. The van der Waals surface area contributed by atoms with E-state index in [0.29, 0.717) is 44.6 Å². The molecule has 3 fully saturated rings. The van der Waals surface area contributed by atoms with Crippen LogP contribution in [0.25, 0.3) is 5.65 Å². The number of nitrogens with zero attached hydrogens (tertiary/aromatic N) is 4. The molecule has 3 aliphatic rings. The van der Waals surface area contributed by atoms with Gasteiger partial charge in [-0.1, -0.05) is 24.4 Å². The van der Waals surface area contributed by atoms with E-state index in [0.717, 1.165) is 31.7 Å². The van der Waals surface area contributed by atoms with E-state index in [4.69, 9.17) is 16.3 Å². The lowest BCUT2D eigenvalue weighted by Gasteiger charge is -2.39. The number of hydrogen-bond donors (Lipinski definition) is 0. The number of imidazole rings is 1. The molecule has 0 radical (unpaired) electrons. The molecule has 0 aromatic carbocycles. The number of carbonyl (C=O) groups is 2. The molecule has 2 aromatic rings. The molecule has 0 atom stereocenters. The molecule has 2 aromatic heterocycles. The highest BCUT2D eigenvalue weighted by molar-refractivity contribution is 6.33. The van der Waals surface area contributed by atoms with Crippen LogP contribution < -0.4 is 0 Å². The average molecular weight is 499 g/mol. The van der Waals surface area contributed by atoms with Gasteiger partial charge in [0.2, 0.25) is 0 Å². The highest BCUT2D eigenvalue weighted by atomic mass is 35.5. The third-order valence-electron chi connectivity index (χ3n) is 7.26. The van der Waals surface area contributed by atoms with E-state index in [9.17, 15) is 22.8 Å². The number of fused-ring (bicyclic) bond motifs is 1. The van der Waals surface area contributed by atoms with Crippen LogP contribution >= 0.6 is 11.6 Å². The largest absolute Gasteiger partial charge is 0.463 e. The minimum absolute atomic E-state index is 0.0502. The molecular weight excluding hydrogens is 473 g/mol. The minimum Gasteiger partial charge on any atom is -0.463 e. The van der Waals surface area contributed by atoms with Gasteiger partial charge < -0.3 is 9.64 Å². The van der Waals surface area contributed by atoms with Crippen molar-refractivity contribution in [2.24, 2.45) is 0 Å². The maximum atomic E-state index is 13.9. The number of rotatable bonds is 3. The molecule has 34 heavy (non-hydrogen) atoms. The molecule has 4 heterocycles. The Labute approximate surface area is 199 Å². The van der Waals surface area contributed by atoms with Crippen LogP contribution in [0.2, 0.25) is 5.15 Å². The second-order valence-electron chi connectivity index (χ2n) is 9.33. The number of morpholine rings is 1. The van der Waals surface area contributed by atoms with Gasteiger partial charge in [0, 0.05) is 31.9 Å². The van der Waals surface area contributed by atoms with Gasteiger partial charge in [-0.25, -0.2) is 4.98 Å².